The van der Waals surface area contributed by atoms with Gasteiger partial charge in [0.15, 0.2) is 0 Å². The number of carbonyl (C=O) groups is 1. The molecule has 0 heterocycles. The Hall–Kier alpha value is -0.570. The van der Waals surface area contributed by atoms with Crippen LogP contribution in [0.15, 0.2) is 0 Å². The van der Waals surface area contributed by atoms with Crippen LogP contribution in [-0.4, -0.2) is 25.7 Å². The first kappa shape index (κ1) is 12.5. The topological polar surface area (TPSA) is 38.3 Å². The lowest BCUT2D eigenvalue weighted by Crippen LogP contribution is -2.26. The largest absolute Gasteiger partial charge is 0.466 e. The van der Waals surface area contributed by atoms with Crippen LogP contribution < -0.4 is 5.32 Å². The van der Waals surface area contributed by atoms with Crippen molar-refractivity contribution >= 4 is 5.97 Å². The summed E-state index contributed by atoms with van der Waals surface area (Å²) < 4.78 is 4.85. The van der Waals surface area contributed by atoms with Crippen molar-refractivity contribution in [1.29, 1.82) is 0 Å². The zero-order chi connectivity index (χ0) is 10.9. The van der Waals surface area contributed by atoms with E-state index < -0.39 is 0 Å². The fraction of sp³-hybridized carbons (Fsp3) is 0.917. The van der Waals surface area contributed by atoms with Crippen LogP contribution in [0.2, 0.25) is 0 Å². The van der Waals surface area contributed by atoms with Crippen LogP contribution in [0, 0.1) is 5.92 Å². The van der Waals surface area contributed by atoms with Gasteiger partial charge in [0.05, 0.1) is 13.0 Å². The van der Waals surface area contributed by atoms with Gasteiger partial charge in [-0.25, -0.2) is 0 Å². The molecule has 0 saturated heterocycles. The number of hydrogen-bond acceptors (Lipinski definition) is 3. The molecule has 0 aromatic heterocycles. The van der Waals surface area contributed by atoms with Crippen LogP contribution >= 0.6 is 0 Å². The lowest BCUT2D eigenvalue weighted by molar-refractivity contribution is -0.142. The molecule has 3 nitrogen and oxygen atoms in total. The number of ether oxygens (including phenoxy) is 1. The first-order valence-corrected chi connectivity index (χ1v) is 6.19. The predicted octanol–water partition coefficient (Wildman–Crippen LogP) is 2.11. The van der Waals surface area contributed by atoms with Gasteiger partial charge in [-0.05, 0) is 32.2 Å². The van der Waals surface area contributed by atoms with Gasteiger partial charge in [-0.15, -0.1) is 0 Å². The van der Waals surface area contributed by atoms with Gasteiger partial charge in [0.2, 0.25) is 0 Å². The molecule has 1 aliphatic carbocycles. The standard InChI is InChI=1S/C12H23NO2/c1-2-15-12(14)8-9-13-10-11-6-4-3-5-7-11/h11,13H,2-10H2,1H3. The molecule has 1 saturated carbocycles. The van der Waals surface area contributed by atoms with E-state index in [1.54, 1.807) is 0 Å². The van der Waals surface area contributed by atoms with Crippen molar-refractivity contribution < 1.29 is 9.53 Å². The third-order valence-corrected chi connectivity index (χ3v) is 2.97. The zero-order valence-electron chi connectivity index (χ0n) is 9.76. The van der Waals surface area contributed by atoms with Gasteiger partial charge >= 0.3 is 5.97 Å². The van der Waals surface area contributed by atoms with E-state index >= 15 is 0 Å². The minimum Gasteiger partial charge on any atom is -0.466 e. The average Bonchev–Trinajstić information content (AvgIpc) is 2.26. The number of carbonyl (C=O) groups excluding carboxylic acids is 1. The van der Waals surface area contributed by atoms with Crippen molar-refractivity contribution in [2.75, 3.05) is 19.7 Å². The summed E-state index contributed by atoms with van der Waals surface area (Å²) in [6.07, 6.45) is 7.37. The Morgan fingerprint density at radius 1 is 1.33 bits per heavy atom. The van der Waals surface area contributed by atoms with Gasteiger partial charge in [0, 0.05) is 6.54 Å². The maximum Gasteiger partial charge on any atom is 0.307 e. The van der Waals surface area contributed by atoms with Crippen molar-refractivity contribution in [1.82, 2.24) is 5.32 Å². The molecule has 0 aromatic rings. The molecule has 0 amide bonds. The summed E-state index contributed by atoms with van der Waals surface area (Å²) in [7, 11) is 0. The highest BCUT2D eigenvalue weighted by atomic mass is 16.5. The van der Waals surface area contributed by atoms with Gasteiger partial charge in [-0.2, -0.15) is 0 Å². The van der Waals surface area contributed by atoms with Gasteiger partial charge in [-0.3, -0.25) is 4.79 Å². The number of esters is 1. The Bertz CT molecular complexity index is 176. The zero-order valence-corrected chi connectivity index (χ0v) is 9.76. The van der Waals surface area contributed by atoms with Crippen molar-refractivity contribution in [2.45, 2.75) is 45.4 Å². The minimum absolute atomic E-state index is 0.0892. The average molecular weight is 213 g/mol. The maximum absolute atomic E-state index is 11.0. The Balaban J connectivity index is 1.93. The summed E-state index contributed by atoms with van der Waals surface area (Å²) in [5, 5.41) is 3.34. The molecule has 0 unspecified atom stereocenters. The summed E-state index contributed by atoms with van der Waals surface area (Å²) in [6, 6.07) is 0. The number of rotatable bonds is 6. The highest BCUT2D eigenvalue weighted by molar-refractivity contribution is 5.69. The molecule has 3 heteroatoms. The minimum atomic E-state index is -0.0892. The third-order valence-electron chi connectivity index (χ3n) is 2.97. The second-order valence-electron chi connectivity index (χ2n) is 4.26. The molecule has 0 aromatic carbocycles. The number of hydrogen-bond donors (Lipinski definition) is 1. The van der Waals surface area contributed by atoms with Gasteiger partial charge in [0.1, 0.15) is 0 Å². The van der Waals surface area contributed by atoms with Crippen LogP contribution in [0.4, 0.5) is 0 Å². The quantitative estimate of drug-likeness (QED) is 0.542. The first-order chi connectivity index (χ1) is 7.33. The van der Waals surface area contributed by atoms with Crippen LogP contribution in [0.3, 0.4) is 0 Å². The molecule has 0 radical (unpaired) electrons. The molecular weight excluding hydrogens is 190 g/mol. The molecule has 1 fully saturated rings. The van der Waals surface area contributed by atoms with Gasteiger partial charge in [-0.1, -0.05) is 19.3 Å². The Morgan fingerprint density at radius 2 is 2.07 bits per heavy atom. The number of nitrogens with one attached hydrogen (secondary N) is 1. The van der Waals surface area contributed by atoms with E-state index in [9.17, 15) is 4.79 Å². The smallest absolute Gasteiger partial charge is 0.307 e. The maximum atomic E-state index is 11.0. The summed E-state index contributed by atoms with van der Waals surface area (Å²) in [4.78, 5) is 11.0. The molecule has 0 aliphatic heterocycles. The van der Waals surface area contributed by atoms with E-state index in [1.807, 2.05) is 6.92 Å². The lowest BCUT2D eigenvalue weighted by atomic mass is 9.89. The van der Waals surface area contributed by atoms with Gasteiger partial charge < -0.3 is 10.1 Å². The van der Waals surface area contributed by atoms with E-state index in [0.717, 1.165) is 19.0 Å². The summed E-state index contributed by atoms with van der Waals surface area (Å²) in [5.41, 5.74) is 0. The summed E-state index contributed by atoms with van der Waals surface area (Å²) in [6.45, 7) is 4.16. The summed E-state index contributed by atoms with van der Waals surface area (Å²) >= 11 is 0. The molecule has 1 rings (SSSR count). The second-order valence-corrected chi connectivity index (χ2v) is 4.26. The second kappa shape index (κ2) is 7.69. The molecule has 88 valence electrons. The Kier molecular flexibility index (Phi) is 6.41. The van der Waals surface area contributed by atoms with Crippen LogP contribution in [0.5, 0.6) is 0 Å². The molecule has 1 aliphatic rings. The van der Waals surface area contributed by atoms with Crippen LogP contribution in [0.1, 0.15) is 45.4 Å². The van der Waals surface area contributed by atoms with E-state index in [0.29, 0.717) is 13.0 Å². The highest BCUT2D eigenvalue weighted by Crippen LogP contribution is 2.22. The molecular formula is C12H23NO2. The van der Waals surface area contributed by atoms with Crippen LogP contribution in [0.25, 0.3) is 0 Å². The normalized spacial score (nSPS) is 17.7. The van der Waals surface area contributed by atoms with Gasteiger partial charge in [0.25, 0.3) is 0 Å². The predicted molar refractivity (Wildman–Crippen MR) is 60.7 cm³/mol. The van der Waals surface area contributed by atoms with E-state index in [2.05, 4.69) is 5.32 Å². The van der Waals surface area contributed by atoms with Crippen molar-refractivity contribution in [2.24, 2.45) is 5.92 Å². The summed E-state index contributed by atoms with van der Waals surface area (Å²) in [5.74, 6) is 0.745. The third kappa shape index (κ3) is 5.78. The first-order valence-electron chi connectivity index (χ1n) is 6.19. The highest BCUT2D eigenvalue weighted by Gasteiger charge is 2.12. The van der Waals surface area contributed by atoms with E-state index in [4.69, 9.17) is 4.74 Å². The SMILES string of the molecule is CCOC(=O)CCNCC1CCCCC1. The Labute approximate surface area is 92.6 Å². The van der Waals surface area contributed by atoms with E-state index in [-0.39, 0.29) is 5.97 Å². The molecule has 0 atom stereocenters. The van der Waals surface area contributed by atoms with E-state index in [1.165, 1.54) is 32.1 Å². The molecule has 1 N–H and O–H groups in total. The molecule has 15 heavy (non-hydrogen) atoms. The van der Waals surface area contributed by atoms with Crippen molar-refractivity contribution in [3.05, 3.63) is 0 Å². The monoisotopic (exact) mass is 213 g/mol. The molecule has 0 spiro atoms. The molecule has 0 bridgehead atoms. The fourth-order valence-corrected chi connectivity index (χ4v) is 2.12. The van der Waals surface area contributed by atoms with Crippen molar-refractivity contribution in [3.63, 3.8) is 0 Å². The Morgan fingerprint density at radius 3 is 2.73 bits per heavy atom. The van der Waals surface area contributed by atoms with Crippen molar-refractivity contribution in [3.8, 4) is 0 Å². The fourth-order valence-electron chi connectivity index (χ4n) is 2.12. The van der Waals surface area contributed by atoms with Crippen LogP contribution in [-0.2, 0) is 9.53 Å². The lowest BCUT2D eigenvalue weighted by Gasteiger charge is -2.21.